The number of carbonyl (C=O) groups excluding carboxylic acids is 1. The van der Waals surface area contributed by atoms with E-state index in [1.165, 1.54) is 0 Å². The average molecular weight is 260 g/mol. The van der Waals surface area contributed by atoms with Gasteiger partial charge in [0.25, 0.3) is 0 Å². The molecule has 0 saturated carbocycles. The van der Waals surface area contributed by atoms with E-state index in [9.17, 15) is 4.79 Å². The third-order valence-corrected chi connectivity index (χ3v) is 4.04. The fourth-order valence-electron chi connectivity index (χ4n) is 2.77. The summed E-state index contributed by atoms with van der Waals surface area (Å²) < 4.78 is 5.71. The van der Waals surface area contributed by atoms with Crippen LogP contribution in [0.25, 0.3) is 0 Å². The molecule has 0 aromatic heterocycles. The molecule has 0 bridgehead atoms. The Morgan fingerprint density at radius 1 is 1.21 bits per heavy atom. The van der Waals surface area contributed by atoms with Gasteiger partial charge in [0.1, 0.15) is 12.4 Å². The lowest BCUT2D eigenvalue weighted by atomic mass is 9.95. The van der Waals surface area contributed by atoms with Crippen LogP contribution >= 0.6 is 0 Å². The molecule has 0 radical (unpaired) electrons. The Morgan fingerprint density at radius 3 is 2.74 bits per heavy atom. The number of piperazine rings is 1. The molecule has 1 saturated heterocycles. The summed E-state index contributed by atoms with van der Waals surface area (Å²) in [5.74, 6) is 1.17. The number of benzene rings is 1. The molecular weight excluding hydrogens is 240 g/mol. The van der Waals surface area contributed by atoms with Crippen LogP contribution in [0.1, 0.15) is 5.56 Å². The van der Waals surface area contributed by atoms with Gasteiger partial charge in [0.2, 0.25) is 5.91 Å². The van der Waals surface area contributed by atoms with E-state index in [1.54, 1.807) is 0 Å². The van der Waals surface area contributed by atoms with E-state index in [2.05, 4.69) is 18.0 Å². The van der Waals surface area contributed by atoms with Crippen molar-refractivity contribution in [2.24, 2.45) is 5.92 Å². The molecule has 0 aliphatic carbocycles. The van der Waals surface area contributed by atoms with Crippen molar-refractivity contribution in [2.45, 2.75) is 6.42 Å². The topological polar surface area (TPSA) is 32.8 Å². The molecule has 1 amide bonds. The Morgan fingerprint density at radius 2 is 1.95 bits per heavy atom. The first-order valence-corrected chi connectivity index (χ1v) is 6.92. The molecule has 102 valence electrons. The molecule has 2 heterocycles. The summed E-state index contributed by atoms with van der Waals surface area (Å²) in [5, 5.41) is 0. The molecule has 4 nitrogen and oxygen atoms in total. The fourth-order valence-corrected chi connectivity index (χ4v) is 2.77. The van der Waals surface area contributed by atoms with Crippen LogP contribution < -0.4 is 4.74 Å². The number of amides is 1. The van der Waals surface area contributed by atoms with Crippen molar-refractivity contribution in [1.29, 1.82) is 0 Å². The summed E-state index contributed by atoms with van der Waals surface area (Å²) in [5.41, 5.74) is 1.15. The Hall–Kier alpha value is -1.55. The van der Waals surface area contributed by atoms with Gasteiger partial charge in [-0.15, -0.1) is 0 Å². The standard InChI is InChI=1S/C15H20N2O2/c1-16-6-8-17(9-7-16)15(18)13-10-12-4-2-3-5-14(12)19-11-13/h2-5,13H,6-11H2,1H3/t13-/m1/s1. The van der Waals surface area contributed by atoms with Gasteiger partial charge >= 0.3 is 0 Å². The van der Waals surface area contributed by atoms with Gasteiger partial charge in [-0.25, -0.2) is 0 Å². The third kappa shape index (κ3) is 2.59. The van der Waals surface area contributed by atoms with Gasteiger partial charge < -0.3 is 14.5 Å². The van der Waals surface area contributed by atoms with E-state index in [4.69, 9.17) is 4.74 Å². The predicted molar refractivity (Wildman–Crippen MR) is 73.2 cm³/mol. The Balaban J connectivity index is 1.66. The maximum atomic E-state index is 12.5. The second-order valence-corrected chi connectivity index (χ2v) is 5.45. The molecule has 4 heteroatoms. The summed E-state index contributed by atoms with van der Waals surface area (Å²) in [4.78, 5) is 16.7. The van der Waals surface area contributed by atoms with E-state index in [0.717, 1.165) is 43.9 Å². The number of nitrogens with zero attached hydrogens (tertiary/aromatic N) is 2. The van der Waals surface area contributed by atoms with Gasteiger partial charge in [0.05, 0.1) is 5.92 Å². The third-order valence-electron chi connectivity index (χ3n) is 4.04. The summed E-state index contributed by atoms with van der Waals surface area (Å²) in [7, 11) is 2.10. The minimum Gasteiger partial charge on any atom is -0.492 e. The number of ether oxygens (including phenoxy) is 1. The Bertz CT molecular complexity index is 467. The Kier molecular flexibility index (Phi) is 3.42. The van der Waals surface area contributed by atoms with Gasteiger partial charge in [-0.1, -0.05) is 18.2 Å². The van der Waals surface area contributed by atoms with Crippen LogP contribution in [-0.2, 0) is 11.2 Å². The highest BCUT2D eigenvalue weighted by molar-refractivity contribution is 5.80. The van der Waals surface area contributed by atoms with Crippen LogP contribution in [0.15, 0.2) is 24.3 Å². The molecule has 0 unspecified atom stereocenters. The largest absolute Gasteiger partial charge is 0.492 e. The van der Waals surface area contributed by atoms with Crippen LogP contribution in [0, 0.1) is 5.92 Å². The summed E-state index contributed by atoms with van der Waals surface area (Å²) in [6.07, 6.45) is 0.807. The predicted octanol–water partition coefficient (Wildman–Crippen LogP) is 1.01. The SMILES string of the molecule is CN1CCN(C(=O)[C@H]2COc3ccccc3C2)CC1. The first-order chi connectivity index (χ1) is 9.24. The molecular formula is C15H20N2O2. The number of para-hydroxylation sites is 1. The molecule has 0 spiro atoms. The average Bonchev–Trinajstić information content (AvgIpc) is 2.47. The second kappa shape index (κ2) is 5.21. The number of hydrogen-bond acceptors (Lipinski definition) is 3. The molecule has 1 fully saturated rings. The molecule has 3 rings (SSSR count). The van der Waals surface area contributed by atoms with Crippen molar-refractivity contribution in [1.82, 2.24) is 9.80 Å². The maximum Gasteiger partial charge on any atom is 0.229 e. The fraction of sp³-hybridized carbons (Fsp3) is 0.533. The highest BCUT2D eigenvalue weighted by Gasteiger charge is 2.30. The van der Waals surface area contributed by atoms with Crippen molar-refractivity contribution >= 4 is 5.91 Å². The maximum absolute atomic E-state index is 12.5. The van der Waals surface area contributed by atoms with E-state index in [1.807, 2.05) is 23.1 Å². The first kappa shape index (κ1) is 12.5. The normalized spacial score (nSPS) is 23.6. The van der Waals surface area contributed by atoms with E-state index in [-0.39, 0.29) is 11.8 Å². The van der Waals surface area contributed by atoms with E-state index < -0.39 is 0 Å². The monoisotopic (exact) mass is 260 g/mol. The van der Waals surface area contributed by atoms with Crippen molar-refractivity contribution < 1.29 is 9.53 Å². The van der Waals surface area contributed by atoms with Crippen molar-refractivity contribution in [2.75, 3.05) is 39.8 Å². The lowest BCUT2D eigenvalue weighted by molar-refractivity contribution is -0.138. The smallest absolute Gasteiger partial charge is 0.229 e. The van der Waals surface area contributed by atoms with Crippen LogP contribution in [0.5, 0.6) is 5.75 Å². The summed E-state index contributed by atoms with van der Waals surface area (Å²) in [6.45, 7) is 4.13. The molecule has 2 aliphatic rings. The number of carbonyl (C=O) groups is 1. The van der Waals surface area contributed by atoms with Gasteiger partial charge in [-0.3, -0.25) is 4.79 Å². The van der Waals surface area contributed by atoms with Crippen molar-refractivity contribution in [3.8, 4) is 5.75 Å². The zero-order valence-electron chi connectivity index (χ0n) is 11.3. The van der Waals surface area contributed by atoms with E-state index in [0.29, 0.717) is 6.61 Å². The van der Waals surface area contributed by atoms with Gasteiger partial charge in [0, 0.05) is 26.2 Å². The minimum atomic E-state index is -0.0155. The van der Waals surface area contributed by atoms with Crippen molar-refractivity contribution in [3.05, 3.63) is 29.8 Å². The molecule has 1 aromatic rings. The van der Waals surface area contributed by atoms with Gasteiger partial charge in [0.15, 0.2) is 0 Å². The molecule has 2 aliphatic heterocycles. The summed E-state index contributed by atoms with van der Waals surface area (Å²) >= 11 is 0. The van der Waals surface area contributed by atoms with Gasteiger partial charge in [-0.05, 0) is 25.1 Å². The Labute approximate surface area is 113 Å². The molecule has 1 atom stereocenters. The van der Waals surface area contributed by atoms with Gasteiger partial charge in [-0.2, -0.15) is 0 Å². The van der Waals surface area contributed by atoms with Crippen LogP contribution in [-0.4, -0.2) is 55.5 Å². The van der Waals surface area contributed by atoms with Crippen molar-refractivity contribution in [3.63, 3.8) is 0 Å². The molecule has 1 aromatic carbocycles. The van der Waals surface area contributed by atoms with E-state index >= 15 is 0 Å². The minimum absolute atomic E-state index is 0.0155. The molecule has 0 N–H and O–H groups in total. The van der Waals surface area contributed by atoms with Crippen LogP contribution in [0.2, 0.25) is 0 Å². The quantitative estimate of drug-likeness (QED) is 0.755. The number of likely N-dealkylation sites (N-methyl/N-ethyl adjacent to an activating group) is 1. The lowest BCUT2D eigenvalue weighted by Gasteiger charge is -2.35. The number of hydrogen-bond donors (Lipinski definition) is 0. The zero-order valence-corrected chi connectivity index (χ0v) is 11.3. The van der Waals surface area contributed by atoms with Crippen LogP contribution in [0.4, 0.5) is 0 Å². The number of fused-ring (bicyclic) bond motifs is 1. The zero-order chi connectivity index (χ0) is 13.2. The lowest BCUT2D eigenvalue weighted by Crippen LogP contribution is -2.50. The van der Waals surface area contributed by atoms with Crippen LogP contribution in [0.3, 0.4) is 0 Å². The second-order valence-electron chi connectivity index (χ2n) is 5.45. The highest BCUT2D eigenvalue weighted by atomic mass is 16.5. The summed E-state index contributed by atoms with van der Waals surface area (Å²) in [6, 6.07) is 8.01. The highest BCUT2D eigenvalue weighted by Crippen LogP contribution is 2.27. The number of rotatable bonds is 1. The molecule has 19 heavy (non-hydrogen) atoms. The first-order valence-electron chi connectivity index (χ1n) is 6.92.